The quantitative estimate of drug-likeness (QED) is 0.372. The molecule has 34 heavy (non-hydrogen) atoms. The van der Waals surface area contributed by atoms with Crippen LogP contribution in [-0.2, 0) is 14.3 Å². The van der Waals surface area contributed by atoms with Gasteiger partial charge in [-0.15, -0.1) is 0 Å². The number of aryl methyl sites for hydroxylation is 1. The van der Waals surface area contributed by atoms with Gasteiger partial charge in [-0.1, -0.05) is 60.7 Å². The van der Waals surface area contributed by atoms with Crippen molar-refractivity contribution in [1.29, 1.82) is 0 Å². The Morgan fingerprint density at radius 2 is 1.44 bits per heavy atom. The van der Waals surface area contributed by atoms with Crippen LogP contribution in [0.25, 0.3) is 0 Å². The number of fused-ring (bicyclic) bond motifs is 3. The smallest absolute Gasteiger partial charge is 0.241 e. The number of anilines is 1. The molecule has 2 fully saturated rings. The van der Waals surface area contributed by atoms with E-state index in [9.17, 15) is 19.2 Å². The lowest BCUT2D eigenvalue weighted by Gasteiger charge is -2.27. The zero-order valence-electron chi connectivity index (χ0n) is 18.0. The minimum atomic E-state index is -2.06. The normalized spacial score (nSPS) is 24.8. The average molecular weight is 516 g/mol. The Hall–Kier alpha value is -3.42. The van der Waals surface area contributed by atoms with Crippen LogP contribution in [0.4, 0.5) is 5.69 Å². The van der Waals surface area contributed by atoms with Gasteiger partial charge in [0.05, 0.1) is 23.6 Å². The Morgan fingerprint density at radius 3 is 2.06 bits per heavy atom. The zero-order valence-corrected chi connectivity index (χ0v) is 19.6. The molecule has 168 valence electrons. The first-order chi connectivity index (χ1) is 16.4. The predicted octanol–water partition coefficient (Wildman–Crippen LogP) is 4.45. The number of ketones is 2. The maximum absolute atomic E-state index is 13.9. The lowest BCUT2D eigenvalue weighted by Crippen LogP contribution is -2.51. The van der Waals surface area contributed by atoms with Gasteiger partial charge in [0, 0.05) is 15.6 Å². The fourth-order valence-electron chi connectivity index (χ4n) is 5.49. The molecule has 3 aromatic rings. The minimum absolute atomic E-state index is 0.218. The molecule has 2 saturated heterocycles. The van der Waals surface area contributed by atoms with E-state index in [1.165, 1.54) is 0 Å². The highest BCUT2D eigenvalue weighted by Gasteiger charge is 2.74. The molecular formula is C27H18BrNO5. The Kier molecular flexibility index (Phi) is 4.53. The summed E-state index contributed by atoms with van der Waals surface area (Å²) in [6, 6.07) is 20.7. The summed E-state index contributed by atoms with van der Waals surface area (Å²) in [5, 5.41) is 0. The van der Waals surface area contributed by atoms with Crippen molar-refractivity contribution in [3.05, 3.63) is 99.5 Å². The molecule has 3 aliphatic rings. The van der Waals surface area contributed by atoms with Crippen LogP contribution in [0.3, 0.4) is 0 Å². The van der Waals surface area contributed by atoms with E-state index in [0.717, 1.165) is 10.5 Å². The summed E-state index contributed by atoms with van der Waals surface area (Å²) in [5.41, 5.74) is 0.344. The van der Waals surface area contributed by atoms with Crippen LogP contribution in [0.15, 0.2) is 77.3 Å². The number of rotatable bonds is 2. The van der Waals surface area contributed by atoms with Gasteiger partial charge in [-0.3, -0.25) is 19.2 Å². The number of carbonyl (C=O) groups is 4. The molecule has 3 atom stereocenters. The van der Waals surface area contributed by atoms with Gasteiger partial charge in [-0.05, 0) is 46.1 Å². The Bertz CT molecular complexity index is 1380. The SMILES string of the molecule is Cc1ccc(N2C(=O)[C@@H]3[C@@H](C2=O)C2(O[C@H]3c3ccccc3)C(=O)c3ccccc3C2=O)c(Br)c1. The zero-order chi connectivity index (χ0) is 23.8. The van der Waals surface area contributed by atoms with Gasteiger partial charge in [-0.2, -0.15) is 0 Å². The highest BCUT2D eigenvalue weighted by Crippen LogP contribution is 2.58. The first kappa shape index (κ1) is 21.1. The Balaban J connectivity index is 1.56. The Labute approximate surface area is 203 Å². The number of hydrogen-bond donors (Lipinski definition) is 0. The second kappa shape index (κ2) is 7.29. The number of carbonyl (C=O) groups excluding carboxylic acids is 4. The first-order valence-electron chi connectivity index (χ1n) is 10.9. The van der Waals surface area contributed by atoms with Crippen molar-refractivity contribution >= 4 is 45.0 Å². The number of halogens is 1. The van der Waals surface area contributed by atoms with Crippen molar-refractivity contribution in [3.8, 4) is 0 Å². The number of benzene rings is 3. The molecule has 2 heterocycles. The van der Waals surface area contributed by atoms with Gasteiger partial charge in [0.25, 0.3) is 0 Å². The van der Waals surface area contributed by atoms with Crippen LogP contribution in [0.2, 0.25) is 0 Å². The predicted molar refractivity (Wildman–Crippen MR) is 126 cm³/mol. The number of hydrogen-bond acceptors (Lipinski definition) is 5. The van der Waals surface area contributed by atoms with Gasteiger partial charge >= 0.3 is 0 Å². The van der Waals surface area contributed by atoms with Crippen molar-refractivity contribution in [3.63, 3.8) is 0 Å². The maximum atomic E-state index is 13.9. The molecule has 0 unspecified atom stereocenters. The second-order valence-electron chi connectivity index (χ2n) is 8.86. The highest BCUT2D eigenvalue weighted by molar-refractivity contribution is 9.10. The fraction of sp³-hybridized carbons (Fsp3) is 0.185. The first-order valence-corrected chi connectivity index (χ1v) is 11.7. The van der Waals surface area contributed by atoms with E-state index in [2.05, 4.69) is 15.9 Å². The fourth-order valence-corrected chi connectivity index (χ4v) is 6.16. The molecule has 7 heteroatoms. The summed E-state index contributed by atoms with van der Waals surface area (Å²) in [6.07, 6.45) is -0.918. The van der Waals surface area contributed by atoms with Crippen molar-refractivity contribution in [2.24, 2.45) is 11.8 Å². The molecule has 0 radical (unpaired) electrons. The molecule has 2 amide bonds. The van der Waals surface area contributed by atoms with Crippen LogP contribution < -0.4 is 4.90 Å². The number of nitrogens with zero attached hydrogens (tertiary/aromatic N) is 1. The van der Waals surface area contributed by atoms with Crippen LogP contribution in [0.5, 0.6) is 0 Å². The number of amides is 2. The van der Waals surface area contributed by atoms with Crippen LogP contribution in [-0.4, -0.2) is 29.0 Å². The number of Topliss-reactive ketones (excluding diaryl/α,β-unsaturated/α-hetero) is 2. The molecule has 0 aromatic heterocycles. The van der Waals surface area contributed by atoms with E-state index in [1.807, 2.05) is 19.1 Å². The molecular weight excluding hydrogens is 498 g/mol. The molecule has 1 aliphatic carbocycles. The largest absolute Gasteiger partial charge is 0.349 e. The van der Waals surface area contributed by atoms with E-state index >= 15 is 0 Å². The van der Waals surface area contributed by atoms with Crippen LogP contribution in [0, 0.1) is 18.8 Å². The van der Waals surface area contributed by atoms with Crippen molar-refractivity contribution < 1.29 is 23.9 Å². The summed E-state index contributed by atoms with van der Waals surface area (Å²) in [4.78, 5) is 56.3. The van der Waals surface area contributed by atoms with Crippen LogP contribution >= 0.6 is 15.9 Å². The van der Waals surface area contributed by atoms with E-state index in [4.69, 9.17) is 4.74 Å². The lowest BCUT2D eigenvalue weighted by molar-refractivity contribution is -0.127. The van der Waals surface area contributed by atoms with Gasteiger partial charge in [0.2, 0.25) is 29.0 Å². The highest BCUT2D eigenvalue weighted by atomic mass is 79.9. The summed E-state index contributed by atoms with van der Waals surface area (Å²) < 4.78 is 6.84. The molecule has 3 aromatic carbocycles. The monoisotopic (exact) mass is 515 g/mol. The summed E-state index contributed by atoms with van der Waals surface area (Å²) in [7, 11) is 0. The van der Waals surface area contributed by atoms with Crippen molar-refractivity contribution in [1.82, 2.24) is 0 Å². The third-order valence-corrected chi connectivity index (χ3v) is 7.63. The molecule has 6 rings (SSSR count). The molecule has 1 spiro atoms. The summed E-state index contributed by atoms with van der Waals surface area (Å²) >= 11 is 3.46. The lowest BCUT2D eigenvalue weighted by atomic mass is 9.77. The number of ether oxygens (including phenoxy) is 1. The van der Waals surface area contributed by atoms with Gasteiger partial charge in [0.15, 0.2) is 0 Å². The molecule has 0 saturated carbocycles. The Morgan fingerprint density at radius 1 is 0.824 bits per heavy atom. The van der Waals surface area contributed by atoms with Crippen molar-refractivity contribution in [2.75, 3.05) is 4.90 Å². The van der Waals surface area contributed by atoms with E-state index < -0.39 is 46.9 Å². The minimum Gasteiger partial charge on any atom is -0.349 e. The molecule has 0 N–H and O–H groups in total. The third kappa shape index (κ3) is 2.59. The number of imide groups is 1. The molecule has 2 aliphatic heterocycles. The van der Waals surface area contributed by atoms with Crippen molar-refractivity contribution in [2.45, 2.75) is 18.6 Å². The third-order valence-electron chi connectivity index (χ3n) is 6.99. The van der Waals surface area contributed by atoms with E-state index in [1.54, 1.807) is 60.7 Å². The van der Waals surface area contributed by atoms with Gasteiger partial charge in [-0.25, -0.2) is 4.90 Å². The summed E-state index contributed by atoms with van der Waals surface area (Å²) in [6.45, 7) is 1.90. The topological polar surface area (TPSA) is 80.8 Å². The molecule has 0 bridgehead atoms. The summed E-state index contributed by atoms with van der Waals surface area (Å²) in [5.74, 6) is -4.48. The standard InChI is InChI=1S/C27H18BrNO5/c1-14-11-12-19(18(28)13-14)29-25(32)20-21(26(29)33)27(34-22(20)15-7-3-2-4-8-15)23(30)16-9-5-6-10-17(16)24(27)31/h2-13,20-22H,1H3/t20-,21+,22+/m1/s1. The average Bonchev–Trinajstić information content (AvgIpc) is 3.40. The van der Waals surface area contributed by atoms with Gasteiger partial charge in [0.1, 0.15) is 0 Å². The second-order valence-corrected chi connectivity index (χ2v) is 9.71. The van der Waals surface area contributed by atoms with E-state index in [-0.39, 0.29) is 11.1 Å². The molecule has 6 nitrogen and oxygen atoms in total. The maximum Gasteiger partial charge on any atom is 0.241 e. The van der Waals surface area contributed by atoms with Gasteiger partial charge < -0.3 is 4.74 Å². The van der Waals surface area contributed by atoms with E-state index in [0.29, 0.717) is 15.7 Å². The van der Waals surface area contributed by atoms with Crippen LogP contribution in [0.1, 0.15) is 37.9 Å².